The first-order valence-electron chi connectivity index (χ1n) is 4.43. The van der Waals surface area contributed by atoms with Crippen LogP contribution >= 0.6 is 23.2 Å². The molecule has 0 saturated heterocycles. The van der Waals surface area contributed by atoms with Crippen LogP contribution in [0, 0.1) is 0 Å². The molecule has 0 aliphatic carbocycles. The molecule has 5 heteroatoms. The lowest BCUT2D eigenvalue weighted by atomic mass is 10.1. The lowest BCUT2D eigenvalue weighted by molar-refractivity contribution is 0.112. The van der Waals surface area contributed by atoms with E-state index in [0.29, 0.717) is 27.6 Å². The number of aromatic nitrogens is 2. The Kier molecular flexibility index (Phi) is 3.17. The normalized spacial score (nSPS) is 10.1. The molecule has 0 saturated carbocycles. The summed E-state index contributed by atoms with van der Waals surface area (Å²) in [6.45, 7) is 0. The number of nitrogens with zero attached hydrogens (tertiary/aromatic N) is 2. The van der Waals surface area contributed by atoms with E-state index in [-0.39, 0.29) is 0 Å². The number of hydrogen-bond acceptors (Lipinski definition) is 3. The van der Waals surface area contributed by atoms with Crippen LogP contribution in [0.15, 0.2) is 30.7 Å². The number of halogens is 2. The van der Waals surface area contributed by atoms with Crippen molar-refractivity contribution >= 4 is 29.5 Å². The summed E-state index contributed by atoms with van der Waals surface area (Å²) >= 11 is 11.7. The second-order valence-corrected chi connectivity index (χ2v) is 3.89. The minimum atomic E-state index is 0.417. The molecule has 0 radical (unpaired) electrons. The Morgan fingerprint density at radius 2 is 2.00 bits per heavy atom. The summed E-state index contributed by atoms with van der Waals surface area (Å²) in [7, 11) is 0. The molecular formula is C11H6Cl2N2O. The Morgan fingerprint density at radius 3 is 2.69 bits per heavy atom. The van der Waals surface area contributed by atoms with E-state index in [2.05, 4.69) is 9.97 Å². The third-order valence-corrected chi connectivity index (χ3v) is 2.80. The first-order valence-corrected chi connectivity index (χ1v) is 5.18. The van der Waals surface area contributed by atoms with Crippen molar-refractivity contribution < 1.29 is 4.79 Å². The molecule has 0 atom stereocenters. The summed E-state index contributed by atoms with van der Waals surface area (Å²) in [6, 6.07) is 5.08. The van der Waals surface area contributed by atoms with Crippen molar-refractivity contribution in [3.05, 3.63) is 46.3 Å². The summed E-state index contributed by atoms with van der Waals surface area (Å²) in [5.41, 5.74) is 1.70. The van der Waals surface area contributed by atoms with Gasteiger partial charge in [0.15, 0.2) is 6.29 Å². The maximum absolute atomic E-state index is 10.8. The molecule has 1 aromatic heterocycles. The van der Waals surface area contributed by atoms with Crippen LogP contribution in [-0.2, 0) is 0 Å². The van der Waals surface area contributed by atoms with Crippen molar-refractivity contribution in [2.24, 2.45) is 0 Å². The van der Waals surface area contributed by atoms with E-state index in [0.717, 1.165) is 5.56 Å². The van der Waals surface area contributed by atoms with E-state index in [1.807, 2.05) is 0 Å². The Labute approximate surface area is 102 Å². The van der Waals surface area contributed by atoms with Crippen LogP contribution in [0.25, 0.3) is 11.3 Å². The van der Waals surface area contributed by atoms with Crippen LogP contribution in [-0.4, -0.2) is 16.3 Å². The van der Waals surface area contributed by atoms with Crippen molar-refractivity contribution in [1.82, 2.24) is 9.97 Å². The van der Waals surface area contributed by atoms with Crippen molar-refractivity contribution in [1.29, 1.82) is 0 Å². The molecule has 0 aliphatic rings. The highest BCUT2D eigenvalue weighted by molar-refractivity contribution is 6.42. The van der Waals surface area contributed by atoms with Gasteiger partial charge in [0.25, 0.3) is 0 Å². The van der Waals surface area contributed by atoms with Gasteiger partial charge in [-0.05, 0) is 12.1 Å². The highest BCUT2D eigenvalue weighted by Crippen LogP contribution is 2.28. The number of carbonyl (C=O) groups excluding carboxylic acids is 1. The highest BCUT2D eigenvalue weighted by Gasteiger charge is 2.07. The third-order valence-electron chi connectivity index (χ3n) is 2.06. The molecule has 80 valence electrons. The van der Waals surface area contributed by atoms with Crippen molar-refractivity contribution in [2.75, 3.05) is 0 Å². The van der Waals surface area contributed by atoms with Crippen LogP contribution in [0.5, 0.6) is 0 Å². The molecule has 0 aliphatic heterocycles. The topological polar surface area (TPSA) is 42.9 Å². The summed E-state index contributed by atoms with van der Waals surface area (Å²) in [5.74, 6) is 0. The summed E-state index contributed by atoms with van der Waals surface area (Å²) in [6.07, 6.45) is 3.54. The van der Waals surface area contributed by atoms with Crippen LogP contribution in [0.1, 0.15) is 10.4 Å². The molecule has 2 rings (SSSR count). The number of aldehydes is 1. The zero-order valence-corrected chi connectivity index (χ0v) is 9.53. The Morgan fingerprint density at radius 1 is 1.19 bits per heavy atom. The van der Waals surface area contributed by atoms with E-state index < -0.39 is 0 Å². The molecule has 16 heavy (non-hydrogen) atoms. The number of rotatable bonds is 2. The van der Waals surface area contributed by atoms with E-state index in [1.165, 1.54) is 12.5 Å². The van der Waals surface area contributed by atoms with Gasteiger partial charge >= 0.3 is 0 Å². The van der Waals surface area contributed by atoms with Gasteiger partial charge in [0, 0.05) is 11.8 Å². The smallest absolute Gasteiger partial charge is 0.153 e. The Balaban J connectivity index is 2.58. The maximum atomic E-state index is 10.8. The van der Waals surface area contributed by atoms with E-state index >= 15 is 0 Å². The predicted octanol–water partition coefficient (Wildman–Crippen LogP) is 3.26. The first-order chi connectivity index (χ1) is 7.72. The fourth-order valence-corrected chi connectivity index (χ4v) is 1.61. The molecule has 0 N–H and O–H groups in total. The quantitative estimate of drug-likeness (QED) is 0.771. The number of hydrogen-bond donors (Lipinski definition) is 0. The van der Waals surface area contributed by atoms with Gasteiger partial charge in [-0.15, -0.1) is 0 Å². The van der Waals surface area contributed by atoms with E-state index in [1.54, 1.807) is 18.2 Å². The van der Waals surface area contributed by atoms with Crippen LogP contribution < -0.4 is 0 Å². The van der Waals surface area contributed by atoms with Crippen molar-refractivity contribution in [2.45, 2.75) is 0 Å². The van der Waals surface area contributed by atoms with Crippen LogP contribution in [0.4, 0.5) is 0 Å². The fraction of sp³-hybridized carbons (Fsp3) is 0. The SMILES string of the molecule is O=Cc1cncnc1-c1ccc(Cl)c(Cl)c1. The molecule has 2 aromatic rings. The molecule has 0 bridgehead atoms. The fourth-order valence-electron chi connectivity index (χ4n) is 1.31. The molecule has 0 fully saturated rings. The summed E-state index contributed by atoms with van der Waals surface area (Å²) in [4.78, 5) is 18.6. The first kappa shape index (κ1) is 11.0. The van der Waals surface area contributed by atoms with Crippen molar-refractivity contribution in [3.63, 3.8) is 0 Å². The minimum absolute atomic E-state index is 0.417. The van der Waals surface area contributed by atoms with E-state index in [9.17, 15) is 4.79 Å². The van der Waals surface area contributed by atoms with Gasteiger partial charge in [-0.2, -0.15) is 0 Å². The number of carbonyl (C=O) groups is 1. The molecule has 0 unspecified atom stereocenters. The molecule has 1 heterocycles. The van der Waals surface area contributed by atoms with Crippen LogP contribution in [0.3, 0.4) is 0 Å². The lowest BCUT2D eigenvalue weighted by Gasteiger charge is -2.04. The second kappa shape index (κ2) is 4.60. The highest BCUT2D eigenvalue weighted by atomic mass is 35.5. The second-order valence-electron chi connectivity index (χ2n) is 3.07. The van der Waals surface area contributed by atoms with Gasteiger partial charge in [0.2, 0.25) is 0 Å². The van der Waals surface area contributed by atoms with Gasteiger partial charge in [0.1, 0.15) is 6.33 Å². The molecule has 0 amide bonds. The lowest BCUT2D eigenvalue weighted by Crippen LogP contribution is -1.92. The summed E-state index contributed by atoms with van der Waals surface area (Å²) < 4.78 is 0. The van der Waals surface area contributed by atoms with Gasteiger partial charge < -0.3 is 0 Å². The average molecular weight is 253 g/mol. The minimum Gasteiger partial charge on any atom is -0.298 e. The van der Waals surface area contributed by atoms with Gasteiger partial charge in [-0.25, -0.2) is 9.97 Å². The maximum Gasteiger partial charge on any atom is 0.153 e. The Bertz CT molecular complexity index is 543. The zero-order valence-electron chi connectivity index (χ0n) is 8.02. The van der Waals surface area contributed by atoms with Crippen molar-refractivity contribution in [3.8, 4) is 11.3 Å². The Hall–Kier alpha value is -1.45. The average Bonchev–Trinajstić information content (AvgIpc) is 2.32. The zero-order chi connectivity index (χ0) is 11.5. The molecule has 3 nitrogen and oxygen atoms in total. The van der Waals surface area contributed by atoms with Gasteiger partial charge in [0.05, 0.1) is 21.3 Å². The molecular weight excluding hydrogens is 247 g/mol. The molecule has 0 spiro atoms. The largest absolute Gasteiger partial charge is 0.298 e. The van der Waals surface area contributed by atoms with Crippen LogP contribution in [0.2, 0.25) is 10.0 Å². The third kappa shape index (κ3) is 2.05. The van der Waals surface area contributed by atoms with Gasteiger partial charge in [-0.3, -0.25) is 4.79 Å². The number of benzene rings is 1. The van der Waals surface area contributed by atoms with E-state index in [4.69, 9.17) is 23.2 Å². The predicted molar refractivity (Wildman–Crippen MR) is 62.9 cm³/mol. The monoisotopic (exact) mass is 252 g/mol. The van der Waals surface area contributed by atoms with Gasteiger partial charge in [-0.1, -0.05) is 29.3 Å². The summed E-state index contributed by atoms with van der Waals surface area (Å²) in [5, 5.41) is 0.891. The molecule has 1 aromatic carbocycles. The standard InChI is InChI=1S/C11H6Cl2N2O/c12-9-2-1-7(3-10(9)13)11-8(5-16)4-14-6-15-11/h1-6H.